The Morgan fingerprint density at radius 2 is 2.17 bits per heavy atom. The second kappa shape index (κ2) is 4.44. The summed E-state index contributed by atoms with van der Waals surface area (Å²) in [6.07, 6.45) is 0. The van der Waals surface area contributed by atoms with Crippen LogP contribution in [0.3, 0.4) is 0 Å². The molecule has 1 aromatic heterocycles. The highest BCUT2D eigenvalue weighted by atomic mass is 16.4. The fourth-order valence-corrected chi connectivity index (χ4v) is 1.68. The lowest BCUT2D eigenvalue weighted by Crippen LogP contribution is -2.28. The van der Waals surface area contributed by atoms with Crippen molar-refractivity contribution in [1.29, 1.82) is 0 Å². The molecule has 0 fully saturated rings. The Balaban J connectivity index is 2.49. The Hall–Kier alpha value is -2.44. The van der Waals surface area contributed by atoms with Crippen molar-refractivity contribution in [3.63, 3.8) is 0 Å². The van der Waals surface area contributed by atoms with Crippen molar-refractivity contribution in [3.8, 4) is 0 Å². The van der Waals surface area contributed by atoms with Crippen LogP contribution in [0.2, 0.25) is 0 Å². The van der Waals surface area contributed by atoms with Crippen molar-refractivity contribution >= 4 is 22.9 Å². The molecule has 7 nitrogen and oxygen atoms in total. The number of rotatable bonds is 3. The van der Waals surface area contributed by atoms with Crippen molar-refractivity contribution in [3.05, 3.63) is 23.8 Å². The van der Waals surface area contributed by atoms with Gasteiger partial charge in [-0.25, -0.2) is 9.48 Å². The van der Waals surface area contributed by atoms with E-state index in [1.807, 2.05) is 0 Å². The van der Waals surface area contributed by atoms with Gasteiger partial charge in [-0.1, -0.05) is 5.21 Å². The van der Waals surface area contributed by atoms with Crippen LogP contribution >= 0.6 is 0 Å². The molecule has 2 aromatic rings. The number of fused-ring (bicyclic) bond motifs is 1. The number of carbonyl (C=O) groups excluding carboxylic acids is 1. The number of hydrogen-bond acceptors (Lipinski definition) is 4. The Morgan fingerprint density at radius 1 is 1.44 bits per heavy atom. The van der Waals surface area contributed by atoms with Gasteiger partial charge in [-0.05, 0) is 25.1 Å². The Morgan fingerprint density at radius 3 is 2.78 bits per heavy atom. The van der Waals surface area contributed by atoms with E-state index in [2.05, 4.69) is 15.6 Å². The van der Waals surface area contributed by atoms with Crippen molar-refractivity contribution in [2.24, 2.45) is 0 Å². The summed E-state index contributed by atoms with van der Waals surface area (Å²) in [5.41, 5.74) is 1.21. The van der Waals surface area contributed by atoms with Gasteiger partial charge in [0.25, 0.3) is 0 Å². The summed E-state index contributed by atoms with van der Waals surface area (Å²) < 4.78 is 1.46. The summed E-state index contributed by atoms with van der Waals surface area (Å²) in [4.78, 5) is 22.4. The number of hydrogen-bond donors (Lipinski definition) is 2. The molecule has 1 heterocycles. The van der Waals surface area contributed by atoms with Gasteiger partial charge in [0, 0.05) is 7.05 Å². The number of carboxylic acids is 1. The second-order valence-corrected chi connectivity index (χ2v) is 3.83. The summed E-state index contributed by atoms with van der Waals surface area (Å²) in [6, 6.07) is 3.98. The van der Waals surface area contributed by atoms with E-state index in [4.69, 9.17) is 5.11 Å². The van der Waals surface area contributed by atoms with E-state index in [0.29, 0.717) is 11.0 Å². The van der Waals surface area contributed by atoms with E-state index in [1.165, 1.54) is 16.8 Å². The van der Waals surface area contributed by atoms with E-state index < -0.39 is 12.0 Å². The number of aromatic carboxylic acids is 1. The zero-order valence-electron chi connectivity index (χ0n) is 9.91. The van der Waals surface area contributed by atoms with Crippen LogP contribution in [-0.4, -0.2) is 39.0 Å². The highest BCUT2D eigenvalue weighted by Crippen LogP contribution is 2.17. The first kappa shape index (κ1) is 12.0. The van der Waals surface area contributed by atoms with E-state index in [-0.39, 0.29) is 11.5 Å². The third-order valence-corrected chi connectivity index (χ3v) is 2.71. The molecule has 0 saturated heterocycles. The van der Waals surface area contributed by atoms with Crippen molar-refractivity contribution < 1.29 is 14.7 Å². The lowest BCUT2D eigenvalue weighted by Gasteiger charge is -2.10. The van der Waals surface area contributed by atoms with E-state index in [9.17, 15) is 9.59 Å². The number of benzene rings is 1. The van der Waals surface area contributed by atoms with Crippen LogP contribution in [0.25, 0.3) is 11.0 Å². The standard InChI is InChI=1S/C11H12N4O3/c1-6(10(16)12-2)15-9-4-3-7(11(17)18)5-8(9)13-14-15/h3-6H,1-2H3,(H,12,16)(H,17,18). The molecule has 94 valence electrons. The number of nitrogens with one attached hydrogen (secondary N) is 1. The van der Waals surface area contributed by atoms with Gasteiger partial charge < -0.3 is 10.4 Å². The van der Waals surface area contributed by atoms with Gasteiger partial charge in [0.1, 0.15) is 11.6 Å². The lowest BCUT2D eigenvalue weighted by atomic mass is 10.2. The molecular weight excluding hydrogens is 236 g/mol. The minimum Gasteiger partial charge on any atom is -0.478 e. The number of likely N-dealkylation sites (N-methyl/N-ethyl adjacent to an activating group) is 1. The van der Waals surface area contributed by atoms with Crippen LogP contribution < -0.4 is 5.32 Å². The fraction of sp³-hybridized carbons (Fsp3) is 0.273. The van der Waals surface area contributed by atoms with Gasteiger partial charge in [0.05, 0.1) is 11.1 Å². The zero-order valence-corrected chi connectivity index (χ0v) is 9.91. The lowest BCUT2D eigenvalue weighted by molar-refractivity contribution is -0.123. The average molecular weight is 248 g/mol. The Kier molecular flexibility index (Phi) is 2.97. The van der Waals surface area contributed by atoms with Crippen molar-refractivity contribution in [2.75, 3.05) is 7.05 Å². The van der Waals surface area contributed by atoms with Crippen LogP contribution in [0.1, 0.15) is 23.3 Å². The maximum atomic E-state index is 11.5. The SMILES string of the molecule is CNC(=O)C(C)n1nnc2cc(C(=O)O)ccc21. The molecule has 1 amide bonds. The monoisotopic (exact) mass is 248 g/mol. The maximum absolute atomic E-state index is 11.5. The Labute approximate surface area is 102 Å². The van der Waals surface area contributed by atoms with Gasteiger partial charge in [0.15, 0.2) is 0 Å². The number of carboxylic acid groups (broad SMARTS) is 1. The molecule has 0 aliphatic carbocycles. The van der Waals surface area contributed by atoms with Crippen molar-refractivity contribution in [2.45, 2.75) is 13.0 Å². The van der Waals surface area contributed by atoms with Crippen LogP contribution in [0, 0.1) is 0 Å². The third kappa shape index (κ3) is 1.90. The van der Waals surface area contributed by atoms with E-state index >= 15 is 0 Å². The topological polar surface area (TPSA) is 97.1 Å². The molecule has 18 heavy (non-hydrogen) atoms. The summed E-state index contributed by atoms with van der Waals surface area (Å²) >= 11 is 0. The van der Waals surface area contributed by atoms with Crippen molar-refractivity contribution in [1.82, 2.24) is 20.3 Å². The first-order valence-electron chi connectivity index (χ1n) is 5.34. The first-order chi connectivity index (χ1) is 8.54. The molecular formula is C11H12N4O3. The number of carbonyl (C=O) groups is 2. The smallest absolute Gasteiger partial charge is 0.335 e. The molecule has 0 radical (unpaired) electrons. The molecule has 1 aromatic carbocycles. The molecule has 0 bridgehead atoms. The predicted octanol–water partition coefficient (Wildman–Crippen LogP) is 0.436. The summed E-state index contributed by atoms with van der Waals surface area (Å²) in [5.74, 6) is -1.21. The van der Waals surface area contributed by atoms with Crippen LogP contribution in [0.15, 0.2) is 18.2 Å². The minimum absolute atomic E-state index is 0.141. The molecule has 0 saturated carbocycles. The average Bonchev–Trinajstić information content (AvgIpc) is 2.79. The van der Waals surface area contributed by atoms with Gasteiger partial charge in [-0.2, -0.15) is 0 Å². The number of amides is 1. The van der Waals surface area contributed by atoms with E-state index in [1.54, 1.807) is 20.0 Å². The third-order valence-electron chi connectivity index (χ3n) is 2.71. The summed E-state index contributed by atoms with van der Waals surface area (Å²) in [7, 11) is 1.54. The number of nitrogens with zero attached hydrogens (tertiary/aromatic N) is 3. The molecule has 1 atom stereocenters. The first-order valence-corrected chi connectivity index (χ1v) is 5.34. The zero-order chi connectivity index (χ0) is 13.3. The van der Waals surface area contributed by atoms with Gasteiger partial charge in [-0.3, -0.25) is 4.79 Å². The molecule has 2 N–H and O–H groups in total. The highest BCUT2D eigenvalue weighted by Gasteiger charge is 2.18. The minimum atomic E-state index is -1.02. The quantitative estimate of drug-likeness (QED) is 0.821. The molecule has 7 heteroatoms. The van der Waals surface area contributed by atoms with Crippen LogP contribution in [0.4, 0.5) is 0 Å². The van der Waals surface area contributed by atoms with Gasteiger partial charge in [-0.15, -0.1) is 5.10 Å². The van der Waals surface area contributed by atoms with Gasteiger partial charge >= 0.3 is 5.97 Å². The van der Waals surface area contributed by atoms with Gasteiger partial charge in [0.2, 0.25) is 5.91 Å². The summed E-state index contributed by atoms with van der Waals surface area (Å²) in [5, 5.41) is 19.1. The number of aromatic nitrogens is 3. The maximum Gasteiger partial charge on any atom is 0.335 e. The normalized spacial score (nSPS) is 12.3. The van der Waals surface area contributed by atoms with E-state index in [0.717, 1.165) is 0 Å². The van der Waals surface area contributed by atoms with Crippen LogP contribution in [0.5, 0.6) is 0 Å². The molecule has 0 spiro atoms. The molecule has 0 aliphatic heterocycles. The molecule has 2 rings (SSSR count). The molecule has 0 aliphatic rings. The Bertz CT molecular complexity index is 620. The highest BCUT2D eigenvalue weighted by molar-refractivity contribution is 5.92. The summed E-state index contributed by atoms with van der Waals surface area (Å²) in [6.45, 7) is 1.69. The largest absolute Gasteiger partial charge is 0.478 e. The fourth-order valence-electron chi connectivity index (χ4n) is 1.68. The second-order valence-electron chi connectivity index (χ2n) is 3.83. The predicted molar refractivity (Wildman–Crippen MR) is 63.3 cm³/mol. The molecule has 1 unspecified atom stereocenters. The van der Waals surface area contributed by atoms with Crippen LogP contribution in [-0.2, 0) is 4.79 Å².